The Morgan fingerprint density at radius 3 is 2.78 bits per heavy atom. The van der Waals surface area contributed by atoms with Crippen LogP contribution >= 0.6 is 0 Å². The third kappa shape index (κ3) is 4.31. The van der Waals surface area contributed by atoms with Crippen molar-refractivity contribution >= 4 is 0 Å². The van der Waals surface area contributed by atoms with Crippen molar-refractivity contribution in [2.45, 2.75) is 32.2 Å². The molecule has 0 amide bonds. The third-order valence-corrected chi connectivity index (χ3v) is 3.53. The van der Waals surface area contributed by atoms with Crippen LogP contribution in [-0.4, -0.2) is 19.8 Å². The second-order valence-electron chi connectivity index (χ2n) is 4.90. The molecule has 0 radical (unpaired) electrons. The van der Waals surface area contributed by atoms with Crippen LogP contribution in [0, 0.1) is 5.92 Å². The highest BCUT2D eigenvalue weighted by molar-refractivity contribution is 5.28. The Morgan fingerprint density at radius 2 is 2.06 bits per heavy atom. The summed E-state index contributed by atoms with van der Waals surface area (Å²) in [5.74, 6) is 1.80. The monoisotopic (exact) mass is 249 g/mol. The molecule has 1 aromatic carbocycles. The van der Waals surface area contributed by atoms with Gasteiger partial charge in [0.05, 0.1) is 6.61 Å². The zero-order chi connectivity index (χ0) is 12.6. The SMILES string of the molecule is NCc1cccc(OCCOCCC2CCC2)c1. The summed E-state index contributed by atoms with van der Waals surface area (Å²) in [7, 11) is 0. The van der Waals surface area contributed by atoms with E-state index in [0.717, 1.165) is 23.8 Å². The van der Waals surface area contributed by atoms with E-state index in [1.165, 1.54) is 25.7 Å². The summed E-state index contributed by atoms with van der Waals surface area (Å²) in [5.41, 5.74) is 6.68. The molecular formula is C15H23NO2. The number of ether oxygens (including phenoxy) is 2. The highest BCUT2D eigenvalue weighted by atomic mass is 16.5. The lowest BCUT2D eigenvalue weighted by Gasteiger charge is -2.24. The predicted octanol–water partition coefficient (Wildman–Crippen LogP) is 2.73. The molecule has 0 aliphatic heterocycles. The Balaban J connectivity index is 1.53. The average Bonchev–Trinajstić information content (AvgIpc) is 2.36. The molecule has 1 fully saturated rings. The largest absolute Gasteiger partial charge is 0.491 e. The molecule has 0 aromatic heterocycles. The zero-order valence-electron chi connectivity index (χ0n) is 10.9. The molecular weight excluding hydrogens is 226 g/mol. The number of nitrogens with two attached hydrogens (primary N) is 1. The van der Waals surface area contributed by atoms with E-state index in [2.05, 4.69) is 0 Å². The van der Waals surface area contributed by atoms with Gasteiger partial charge >= 0.3 is 0 Å². The van der Waals surface area contributed by atoms with Crippen molar-refractivity contribution in [1.29, 1.82) is 0 Å². The number of hydrogen-bond donors (Lipinski definition) is 1. The first-order chi connectivity index (χ1) is 8.88. The minimum atomic E-state index is 0.551. The predicted molar refractivity (Wildman–Crippen MR) is 72.6 cm³/mol. The summed E-state index contributed by atoms with van der Waals surface area (Å²) in [6.07, 6.45) is 5.41. The van der Waals surface area contributed by atoms with Gasteiger partial charge in [0.25, 0.3) is 0 Å². The van der Waals surface area contributed by atoms with Crippen molar-refractivity contribution in [2.75, 3.05) is 19.8 Å². The lowest BCUT2D eigenvalue weighted by Crippen LogP contribution is -2.15. The van der Waals surface area contributed by atoms with Crippen LogP contribution in [0.4, 0.5) is 0 Å². The molecule has 3 nitrogen and oxygen atoms in total. The van der Waals surface area contributed by atoms with Crippen molar-refractivity contribution in [3.8, 4) is 5.75 Å². The van der Waals surface area contributed by atoms with Gasteiger partial charge in [-0.1, -0.05) is 31.4 Å². The summed E-state index contributed by atoms with van der Waals surface area (Å²) >= 11 is 0. The van der Waals surface area contributed by atoms with Gasteiger partial charge in [0.2, 0.25) is 0 Å². The van der Waals surface area contributed by atoms with E-state index in [0.29, 0.717) is 19.8 Å². The summed E-state index contributed by atoms with van der Waals surface area (Å²) in [6.45, 7) is 2.70. The van der Waals surface area contributed by atoms with Gasteiger partial charge in [-0.3, -0.25) is 0 Å². The summed E-state index contributed by atoms with van der Waals surface area (Å²) < 4.78 is 11.2. The number of hydrogen-bond acceptors (Lipinski definition) is 3. The van der Waals surface area contributed by atoms with Gasteiger partial charge in [-0.2, -0.15) is 0 Å². The first-order valence-electron chi connectivity index (χ1n) is 6.88. The van der Waals surface area contributed by atoms with Crippen LogP contribution in [0.2, 0.25) is 0 Å². The highest BCUT2D eigenvalue weighted by Gasteiger charge is 2.16. The van der Waals surface area contributed by atoms with E-state index in [9.17, 15) is 0 Å². The summed E-state index contributed by atoms with van der Waals surface area (Å²) in [5, 5.41) is 0. The normalized spacial score (nSPS) is 15.4. The Labute approximate surface area is 109 Å². The second kappa shape index (κ2) is 7.39. The van der Waals surface area contributed by atoms with E-state index >= 15 is 0 Å². The molecule has 0 atom stereocenters. The Kier molecular flexibility index (Phi) is 5.49. The van der Waals surface area contributed by atoms with Gasteiger partial charge in [-0.25, -0.2) is 0 Å². The topological polar surface area (TPSA) is 44.5 Å². The number of rotatable bonds is 8. The van der Waals surface area contributed by atoms with Crippen LogP contribution in [0.15, 0.2) is 24.3 Å². The molecule has 3 heteroatoms. The third-order valence-electron chi connectivity index (χ3n) is 3.53. The first kappa shape index (κ1) is 13.4. The Bertz CT molecular complexity index is 350. The van der Waals surface area contributed by atoms with Gasteiger partial charge in [0.1, 0.15) is 12.4 Å². The van der Waals surface area contributed by atoms with Gasteiger partial charge < -0.3 is 15.2 Å². The standard InChI is InChI=1S/C15H23NO2/c16-12-14-5-2-6-15(11-14)18-10-9-17-8-7-13-3-1-4-13/h2,5-6,11,13H,1,3-4,7-10,12,16H2. The molecule has 0 spiro atoms. The van der Waals surface area contributed by atoms with Crippen LogP contribution in [0.3, 0.4) is 0 Å². The fourth-order valence-corrected chi connectivity index (χ4v) is 2.11. The van der Waals surface area contributed by atoms with Crippen LogP contribution < -0.4 is 10.5 Å². The van der Waals surface area contributed by atoms with Crippen molar-refractivity contribution in [2.24, 2.45) is 11.7 Å². The molecule has 0 bridgehead atoms. The van der Waals surface area contributed by atoms with E-state index in [-0.39, 0.29) is 0 Å². The van der Waals surface area contributed by atoms with Crippen LogP contribution in [0.1, 0.15) is 31.2 Å². The summed E-state index contributed by atoms with van der Waals surface area (Å²) in [6, 6.07) is 7.90. The molecule has 0 heterocycles. The maximum atomic E-state index is 5.62. The smallest absolute Gasteiger partial charge is 0.119 e. The highest BCUT2D eigenvalue weighted by Crippen LogP contribution is 2.29. The molecule has 0 unspecified atom stereocenters. The van der Waals surface area contributed by atoms with Crippen molar-refractivity contribution < 1.29 is 9.47 Å². The minimum absolute atomic E-state index is 0.551. The zero-order valence-corrected chi connectivity index (χ0v) is 10.9. The fourth-order valence-electron chi connectivity index (χ4n) is 2.11. The first-order valence-corrected chi connectivity index (χ1v) is 6.88. The van der Waals surface area contributed by atoms with Crippen LogP contribution in [0.5, 0.6) is 5.75 Å². The van der Waals surface area contributed by atoms with Gasteiger partial charge in [0.15, 0.2) is 0 Å². The van der Waals surface area contributed by atoms with E-state index in [1.54, 1.807) is 0 Å². The molecule has 1 aliphatic rings. The van der Waals surface area contributed by atoms with E-state index in [1.807, 2.05) is 24.3 Å². The maximum absolute atomic E-state index is 5.62. The van der Waals surface area contributed by atoms with Gasteiger partial charge in [0, 0.05) is 13.2 Å². The molecule has 100 valence electrons. The Morgan fingerprint density at radius 1 is 1.17 bits per heavy atom. The van der Waals surface area contributed by atoms with E-state index < -0.39 is 0 Å². The van der Waals surface area contributed by atoms with Crippen LogP contribution in [-0.2, 0) is 11.3 Å². The minimum Gasteiger partial charge on any atom is -0.491 e. The molecule has 18 heavy (non-hydrogen) atoms. The molecule has 1 aromatic rings. The molecule has 0 saturated heterocycles. The van der Waals surface area contributed by atoms with Crippen LogP contribution in [0.25, 0.3) is 0 Å². The second-order valence-corrected chi connectivity index (χ2v) is 4.90. The van der Waals surface area contributed by atoms with E-state index in [4.69, 9.17) is 15.2 Å². The average molecular weight is 249 g/mol. The van der Waals surface area contributed by atoms with Crippen molar-refractivity contribution in [1.82, 2.24) is 0 Å². The quantitative estimate of drug-likeness (QED) is 0.720. The molecule has 1 saturated carbocycles. The lowest BCUT2D eigenvalue weighted by atomic mass is 9.83. The summed E-state index contributed by atoms with van der Waals surface area (Å²) in [4.78, 5) is 0. The number of benzene rings is 1. The van der Waals surface area contributed by atoms with Crippen molar-refractivity contribution in [3.05, 3.63) is 29.8 Å². The van der Waals surface area contributed by atoms with Crippen molar-refractivity contribution in [3.63, 3.8) is 0 Å². The van der Waals surface area contributed by atoms with Gasteiger partial charge in [-0.15, -0.1) is 0 Å². The fraction of sp³-hybridized carbons (Fsp3) is 0.600. The molecule has 2 N–H and O–H groups in total. The molecule has 2 rings (SSSR count). The molecule has 1 aliphatic carbocycles. The van der Waals surface area contributed by atoms with Gasteiger partial charge in [-0.05, 0) is 30.0 Å². The maximum Gasteiger partial charge on any atom is 0.119 e. The lowest BCUT2D eigenvalue weighted by molar-refractivity contribution is 0.0812. The Hall–Kier alpha value is -1.06.